The standard InChI is InChI=1S/C22H21FN4O3/c1-27-18-11-16(13-6-5-7-14(23)8-13)24-12-17(18)26-22(27)25-15-9-19(28-2)21(30-4)20(10-15)29-3/h5-12H,1-4H3,(H,25,26). The van der Waals surface area contributed by atoms with E-state index in [0.29, 0.717) is 40.0 Å². The minimum Gasteiger partial charge on any atom is -0.493 e. The molecule has 0 aliphatic carbocycles. The molecule has 0 spiro atoms. The van der Waals surface area contributed by atoms with Gasteiger partial charge in [-0.2, -0.15) is 0 Å². The van der Waals surface area contributed by atoms with Gasteiger partial charge in [-0.05, 0) is 18.2 Å². The number of nitrogens with zero attached hydrogens (tertiary/aromatic N) is 3. The predicted octanol–water partition coefficient (Wildman–Crippen LogP) is 4.54. The van der Waals surface area contributed by atoms with E-state index in [1.165, 1.54) is 12.1 Å². The third-order valence-corrected chi connectivity index (χ3v) is 4.81. The van der Waals surface area contributed by atoms with Crippen LogP contribution in [0.1, 0.15) is 0 Å². The number of benzene rings is 2. The maximum atomic E-state index is 13.6. The van der Waals surface area contributed by atoms with E-state index in [1.54, 1.807) is 45.7 Å². The number of aromatic nitrogens is 3. The van der Waals surface area contributed by atoms with Crippen LogP contribution in [0.15, 0.2) is 48.7 Å². The third kappa shape index (κ3) is 3.47. The Balaban J connectivity index is 1.73. The number of pyridine rings is 1. The summed E-state index contributed by atoms with van der Waals surface area (Å²) in [6.07, 6.45) is 1.68. The molecule has 7 nitrogen and oxygen atoms in total. The molecule has 0 radical (unpaired) electrons. The molecule has 0 saturated carbocycles. The highest BCUT2D eigenvalue weighted by molar-refractivity contribution is 5.83. The first-order chi connectivity index (χ1) is 14.5. The van der Waals surface area contributed by atoms with Gasteiger partial charge in [-0.3, -0.25) is 4.98 Å². The largest absolute Gasteiger partial charge is 0.493 e. The third-order valence-electron chi connectivity index (χ3n) is 4.81. The highest BCUT2D eigenvalue weighted by Gasteiger charge is 2.16. The van der Waals surface area contributed by atoms with Crippen molar-refractivity contribution in [1.29, 1.82) is 0 Å². The molecule has 0 aliphatic heterocycles. The molecule has 30 heavy (non-hydrogen) atoms. The van der Waals surface area contributed by atoms with Crippen LogP contribution in [-0.4, -0.2) is 35.9 Å². The molecule has 0 amide bonds. The Morgan fingerprint density at radius 2 is 1.70 bits per heavy atom. The van der Waals surface area contributed by atoms with E-state index in [4.69, 9.17) is 14.2 Å². The van der Waals surface area contributed by atoms with Gasteiger partial charge in [-0.15, -0.1) is 0 Å². The Morgan fingerprint density at radius 3 is 2.33 bits per heavy atom. The number of ether oxygens (including phenoxy) is 3. The number of hydrogen-bond acceptors (Lipinski definition) is 6. The van der Waals surface area contributed by atoms with Crippen molar-refractivity contribution in [2.45, 2.75) is 0 Å². The summed E-state index contributed by atoms with van der Waals surface area (Å²) in [6, 6.07) is 11.8. The number of fused-ring (bicyclic) bond motifs is 1. The molecule has 0 unspecified atom stereocenters. The van der Waals surface area contributed by atoms with Crippen molar-refractivity contribution in [3.8, 4) is 28.5 Å². The molecule has 8 heteroatoms. The zero-order valence-corrected chi connectivity index (χ0v) is 17.1. The molecule has 0 aliphatic rings. The summed E-state index contributed by atoms with van der Waals surface area (Å²) in [7, 11) is 6.58. The Kier molecular flexibility index (Phi) is 5.14. The molecule has 154 valence electrons. The van der Waals surface area contributed by atoms with E-state index in [-0.39, 0.29) is 5.82 Å². The fourth-order valence-electron chi connectivity index (χ4n) is 3.30. The molecule has 4 aromatic rings. The van der Waals surface area contributed by atoms with Crippen LogP contribution in [0.3, 0.4) is 0 Å². The van der Waals surface area contributed by atoms with Crippen molar-refractivity contribution >= 4 is 22.7 Å². The number of halogens is 1. The molecule has 1 N–H and O–H groups in total. The van der Waals surface area contributed by atoms with E-state index in [1.807, 2.05) is 23.7 Å². The van der Waals surface area contributed by atoms with Crippen LogP contribution in [0, 0.1) is 5.82 Å². The molecule has 2 heterocycles. The monoisotopic (exact) mass is 408 g/mol. The Hall–Kier alpha value is -3.81. The number of aryl methyl sites for hydroxylation is 1. The van der Waals surface area contributed by atoms with Crippen LogP contribution >= 0.6 is 0 Å². The lowest BCUT2D eigenvalue weighted by Crippen LogP contribution is -2.01. The fourth-order valence-corrected chi connectivity index (χ4v) is 3.30. The van der Waals surface area contributed by atoms with E-state index in [2.05, 4.69) is 15.3 Å². The van der Waals surface area contributed by atoms with E-state index in [9.17, 15) is 4.39 Å². The molecule has 4 rings (SSSR count). The average molecular weight is 408 g/mol. The van der Waals surface area contributed by atoms with Crippen LogP contribution in [0.2, 0.25) is 0 Å². The van der Waals surface area contributed by atoms with Crippen molar-refractivity contribution in [1.82, 2.24) is 14.5 Å². The van der Waals surface area contributed by atoms with Gasteiger partial charge in [0.15, 0.2) is 11.5 Å². The molecule has 0 saturated heterocycles. The summed E-state index contributed by atoms with van der Waals surface area (Å²) in [5.41, 5.74) is 3.68. The summed E-state index contributed by atoms with van der Waals surface area (Å²) in [5.74, 6) is 1.89. The number of rotatable bonds is 6. The zero-order valence-electron chi connectivity index (χ0n) is 17.1. The lowest BCUT2D eigenvalue weighted by molar-refractivity contribution is 0.324. The summed E-state index contributed by atoms with van der Waals surface area (Å²) >= 11 is 0. The summed E-state index contributed by atoms with van der Waals surface area (Å²) < 4.78 is 31.7. The van der Waals surface area contributed by atoms with Crippen LogP contribution in [0.4, 0.5) is 16.0 Å². The van der Waals surface area contributed by atoms with Crippen molar-refractivity contribution in [3.63, 3.8) is 0 Å². The van der Waals surface area contributed by atoms with Crippen LogP contribution in [-0.2, 0) is 7.05 Å². The number of anilines is 2. The topological polar surface area (TPSA) is 70.4 Å². The first-order valence-corrected chi connectivity index (χ1v) is 9.19. The molecule has 0 fully saturated rings. The second-order valence-corrected chi connectivity index (χ2v) is 6.60. The first kappa shape index (κ1) is 19.5. The molecule has 2 aromatic carbocycles. The first-order valence-electron chi connectivity index (χ1n) is 9.19. The second-order valence-electron chi connectivity index (χ2n) is 6.60. The number of imidazole rings is 1. The molecule has 0 bridgehead atoms. The normalized spacial score (nSPS) is 10.8. The van der Waals surface area contributed by atoms with Gasteiger partial charge in [0, 0.05) is 30.4 Å². The van der Waals surface area contributed by atoms with Crippen molar-refractivity contribution in [2.24, 2.45) is 7.05 Å². The highest BCUT2D eigenvalue weighted by atomic mass is 19.1. The predicted molar refractivity (Wildman–Crippen MR) is 113 cm³/mol. The fraction of sp³-hybridized carbons (Fsp3) is 0.182. The lowest BCUT2D eigenvalue weighted by Gasteiger charge is -2.15. The zero-order chi connectivity index (χ0) is 21.3. The van der Waals surface area contributed by atoms with Crippen molar-refractivity contribution in [3.05, 3.63) is 54.5 Å². The number of nitrogens with one attached hydrogen (secondary N) is 1. The van der Waals surface area contributed by atoms with Gasteiger partial charge in [-0.25, -0.2) is 9.37 Å². The molecule has 0 atom stereocenters. The minimum atomic E-state index is -0.302. The summed E-state index contributed by atoms with van der Waals surface area (Å²) in [5, 5.41) is 3.28. The van der Waals surface area contributed by atoms with Crippen LogP contribution in [0.25, 0.3) is 22.3 Å². The van der Waals surface area contributed by atoms with Gasteiger partial charge < -0.3 is 24.1 Å². The quantitative estimate of drug-likeness (QED) is 0.505. The van der Waals surface area contributed by atoms with Gasteiger partial charge in [0.05, 0.1) is 38.7 Å². The number of methoxy groups -OCH3 is 3. The summed E-state index contributed by atoms with van der Waals surface area (Å²) in [6.45, 7) is 0. The summed E-state index contributed by atoms with van der Waals surface area (Å²) in [4.78, 5) is 9.05. The lowest BCUT2D eigenvalue weighted by atomic mass is 10.1. The smallest absolute Gasteiger partial charge is 0.208 e. The molecule has 2 aromatic heterocycles. The Morgan fingerprint density at radius 1 is 0.967 bits per heavy atom. The highest BCUT2D eigenvalue weighted by Crippen LogP contribution is 2.40. The minimum absolute atomic E-state index is 0.302. The van der Waals surface area contributed by atoms with Gasteiger partial charge >= 0.3 is 0 Å². The maximum Gasteiger partial charge on any atom is 0.208 e. The number of hydrogen-bond donors (Lipinski definition) is 1. The molecular weight excluding hydrogens is 387 g/mol. The Labute approximate surface area is 173 Å². The van der Waals surface area contributed by atoms with Crippen molar-refractivity contribution in [2.75, 3.05) is 26.6 Å². The average Bonchev–Trinajstić information content (AvgIpc) is 3.07. The van der Waals surface area contributed by atoms with Gasteiger partial charge in [-0.1, -0.05) is 12.1 Å². The SMILES string of the molecule is COc1cc(Nc2nc3cnc(-c4cccc(F)c4)cc3n2C)cc(OC)c1OC. The molecular formula is C22H21FN4O3. The van der Waals surface area contributed by atoms with Gasteiger partial charge in [0.25, 0.3) is 0 Å². The van der Waals surface area contributed by atoms with Gasteiger partial charge in [0.2, 0.25) is 11.7 Å². The maximum absolute atomic E-state index is 13.6. The Bertz CT molecular complexity index is 1200. The van der Waals surface area contributed by atoms with E-state index in [0.717, 1.165) is 11.2 Å². The van der Waals surface area contributed by atoms with Crippen molar-refractivity contribution < 1.29 is 18.6 Å². The van der Waals surface area contributed by atoms with E-state index >= 15 is 0 Å². The van der Waals surface area contributed by atoms with E-state index < -0.39 is 0 Å². The van der Waals surface area contributed by atoms with Crippen LogP contribution in [0.5, 0.6) is 17.2 Å². The van der Waals surface area contributed by atoms with Gasteiger partial charge in [0.1, 0.15) is 11.3 Å². The second kappa shape index (κ2) is 7.90. The van der Waals surface area contributed by atoms with Crippen LogP contribution < -0.4 is 19.5 Å².